The molecule has 0 aliphatic carbocycles. The van der Waals surface area contributed by atoms with Crippen LogP contribution in [0.1, 0.15) is 32.4 Å². The van der Waals surface area contributed by atoms with Crippen LogP contribution < -0.4 is 5.43 Å². The molecule has 1 aromatic heterocycles. The molecule has 1 N–H and O–H groups in total. The summed E-state index contributed by atoms with van der Waals surface area (Å²) in [5.41, 5.74) is 4.68. The van der Waals surface area contributed by atoms with Crippen molar-refractivity contribution in [2.75, 3.05) is 0 Å². The Morgan fingerprint density at radius 3 is 3.00 bits per heavy atom. The van der Waals surface area contributed by atoms with Crippen LogP contribution in [0.5, 0.6) is 0 Å². The van der Waals surface area contributed by atoms with Gasteiger partial charge in [-0.2, -0.15) is 0 Å². The van der Waals surface area contributed by atoms with E-state index in [4.69, 9.17) is 0 Å². The van der Waals surface area contributed by atoms with E-state index in [2.05, 4.69) is 33.7 Å². The minimum Gasteiger partial charge on any atom is -0.258 e. The number of unbranched alkanes of at least 4 members (excludes halogenated alkanes) is 1. The average molecular weight is 230 g/mol. The number of hydrogen-bond donors (Lipinski definition) is 1. The zero-order valence-electron chi connectivity index (χ0n) is 10.3. The summed E-state index contributed by atoms with van der Waals surface area (Å²) in [6.07, 6.45) is 9.36. The Bertz CT molecular complexity index is 393. The molecule has 0 unspecified atom stereocenters. The lowest BCUT2D eigenvalue weighted by atomic mass is 10.2. The molecule has 1 rings (SSSR count). The molecule has 0 saturated carbocycles. The number of pyridine rings is 1. The first-order chi connectivity index (χ1) is 8.38. The first-order valence-corrected chi connectivity index (χ1v) is 5.77. The molecule has 1 aromatic rings. The number of rotatable bonds is 6. The van der Waals surface area contributed by atoms with Crippen LogP contribution in [0.4, 0.5) is 0 Å². The highest BCUT2D eigenvalue weighted by Gasteiger charge is 1.99. The summed E-state index contributed by atoms with van der Waals surface area (Å²) in [6, 6.07) is 5.79. The maximum absolute atomic E-state index is 4.28. The highest BCUT2D eigenvalue weighted by atomic mass is 15.4. The third-order valence-corrected chi connectivity index (χ3v) is 2.02. The maximum atomic E-state index is 4.28. The van der Waals surface area contributed by atoms with Gasteiger partial charge in [0.05, 0.1) is 11.4 Å². The van der Waals surface area contributed by atoms with Crippen LogP contribution in [0.3, 0.4) is 0 Å². The zero-order chi connectivity index (χ0) is 12.3. The van der Waals surface area contributed by atoms with Crippen LogP contribution in [-0.2, 0) is 0 Å². The second-order valence-corrected chi connectivity index (χ2v) is 3.43. The van der Waals surface area contributed by atoms with Crippen molar-refractivity contribution in [2.45, 2.75) is 26.7 Å². The van der Waals surface area contributed by atoms with Gasteiger partial charge in [-0.1, -0.05) is 36.8 Å². The molecule has 0 bridgehead atoms. The second kappa shape index (κ2) is 8.21. The van der Waals surface area contributed by atoms with Crippen LogP contribution >= 0.6 is 0 Å². The largest absolute Gasteiger partial charge is 0.258 e. The lowest BCUT2D eigenvalue weighted by molar-refractivity contribution is 0.867. The SMILES string of the molecule is C/C=C/N=NN/C(=C/CCC)c1ccccn1. The Balaban J connectivity index is 2.75. The number of nitrogens with one attached hydrogen (secondary N) is 1. The molecule has 4 heteroatoms. The van der Waals surface area contributed by atoms with Crippen LogP contribution in [0.25, 0.3) is 5.70 Å². The zero-order valence-corrected chi connectivity index (χ0v) is 10.3. The molecule has 0 aliphatic rings. The highest BCUT2D eigenvalue weighted by Crippen LogP contribution is 2.09. The maximum Gasteiger partial charge on any atom is 0.0877 e. The van der Waals surface area contributed by atoms with Gasteiger partial charge in [0, 0.05) is 12.4 Å². The molecule has 0 saturated heterocycles. The summed E-state index contributed by atoms with van der Waals surface area (Å²) in [5.74, 6) is 0. The molecular weight excluding hydrogens is 212 g/mol. The normalized spacial score (nSPS) is 12.5. The Kier molecular flexibility index (Phi) is 6.33. The van der Waals surface area contributed by atoms with E-state index in [1.807, 2.05) is 31.2 Å². The van der Waals surface area contributed by atoms with Crippen molar-refractivity contribution in [1.82, 2.24) is 10.4 Å². The topological polar surface area (TPSA) is 49.6 Å². The van der Waals surface area contributed by atoms with Gasteiger partial charge in [-0.05, 0) is 25.5 Å². The number of allylic oxidation sites excluding steroid dienone is 2. The quantitative estimate of drug-likeness (QED) is 0.598. The monoisotopic (exact) mass is 230 g/mol. The molecule has 0 aromatic carbocycles. The summed E-state index contributed by atoms with van der Waals surface area (Å²) in [5, 5.41) is 7.70. The van der Waals surface area contributed by atoms with Gasteiger partial charge in [0.2, 0.25) is 0 Å². The van der Waals surface area contributed by atoms with E-state index >= 15 is 0 Å². The predicted octanol–water partition coefficient (Wildman–Crippen LogP) is 3.71. The molecule has 0 spiro atoms. The summed E-state index contributed by atoms with van der Waals surface area (Å²) >= 11 is 0. The van der Waals surface area contributed by atoms with Gasteiger partial charge in [0.1, 0.15) is 0 Å². The second-order valence-electron chi connectivity index (χ2n) is 3.43. The third kappa shape index (κ3) is 5.06. The first-order valence-electron chi connectivity index (χ1n) is 5.77. The van der Waals surface area contributed by atoms with Crippen LogP contribution in [0.2, 0.25) is 0 Å². The molecule has 0 atom stereocenters. The Hall–Kier alpha value is -1.97. The predicted molar refractivity (Wildman–Crippen MR) is 69.9 cm³/mol. The van der Waals surface area contributed by atoms with Crippen molar-refractivity contribution in [3.63, 3.8) is 0 Å². The fourth-order valence-corrected chi connectivity index (χ4v) is 1.20. The standard InChI is InChI=1S/C13H18N4/c1-3-5-8-13(16-17-15-10-4-2)12-9-6-7-11-14-12/h4,6-11H,3,5H2,1-2H3,(H,15,16)/b10-4+,13-8+. The molecule has 0 amide bonds. The van der Waals surface area contributed by atoms with E-state index in [9.17, 15) is 0 Å². The van der Waals surface area contributed by atoms with Gasteiger partial charge in [-0.25, -0.2) is 0 Å². The van der Waals surface area contributed by atoms with Crippen molar-refractivity contribution in [1.29, 1.82) is 0 Å². The number of nitrogens with zero attached hydrogens (tertiary/aromatic N) is 3. The van der Waals surface area contributed by atoms with E-state index in [1.165, 1.54) is 0 Å². The molecular formula is C13H18N4. The lowest BCUT2D eigenvalue weighted by Gasteiger charge is -2.04. The first kappa shape index (κ1) is 13.1. The Labute approximate surface area is 102 Å². The lowest BCUT2D eigenvalue weighted by Crippen LogP contribution is -2.04. The number of aromatic nitrogens is 1. The van der Waals surface area contributed by atoms with E-state index in [-0.39, 0.29) is 0 Å². The van der Waals surface area contributed by atoms with Crippen LogP contribution in [-0.4, -0.2) is 4.98 Å². The average Bonchev–Trinajstić information content (AvgIpc) is 2.39. The van der Waals surface area contributed by atoms with Crippen molar-refractivity contribution >= 4 is 5.70 Å². The van der Waals surface area contributed by atoms with E-state index in [1.54, 1.807) is 12.4 Å². The molecule has 1 heterocycles. The van der Waals surface area contributed by atoms with Gasteiger partial charge in [0.25, 0.3) is 0 Å². The number of hydrogen-bond acceptors (Lipinski definition) is 3. The molecule has 0 fully saturated rings. The minimum absolute atomic E-state index is 0.875. The van der Waals surface area contributed by atoms with Gasteiger partial charge < -0.3 is 0 Å². The summed E-state index contributed by atoms with van der Waals surface area (Å²) < 4.78 is 0. The van der Waals surface area contributed by atoms with Gasteiger partial charge in [-0.15, -0.1) is 5.11 Å². The minimum atomic E-state index is 0.875. The smallest absolute Gasteiger partial charge is 0.0877 e. The fraction of sp³-hybridized carbons (Fsp3) is 0.308. The molecule has 0 radical (unpaired) electrons. The van der Waals surface area contributed by atoms with Crippen LogP contribution in [0, 0.1) is 0 Å². The van der Waals surface area contributed by atoms with Gasteiger partial charge in [-0.3, -0.25) is 10.4 Å². The van der Waals surface area contributed by atoms with Gasteiger partial charge in [0.15, 0.2) is 0 Å². The molecule has 17 heavy (non-hydrogen) atoms. The molecule has 4 nitrogen and oxygen atoms in total. The van der Waals surface area contributed by atoms with Crippen LogP contribution in [0.15, 0.2) is 53.1 Å². The van der Waals surface area contributed by atoms with Crippen molar-refractivity contribution < 1.29 is 0 Å². The van der Waals surface area contributed by atoms with Crippen molar-refractivity contribution in [3.8, 4) is 0 Å². The van der Waals surface area contributed by atoms with E-state index in [0.29, 0.717) is 0 Å². The summed E-state index contributed by atoms with van der Waals surface area (Å²) in [4.78, 5) is 4.28. The van der Waals surface area contributed by atoms with Gasteiger partial charge >= 0.3 is 0 Å². The third-order valence-electron chi connectivity index (χ3n) is 2.02. The summed E-state index contributed by atoms with van der Waals surface area (Å²) in [7, 11) is 0. The molecule has 0 aliphatic heterocycles. The Morgan fingerprint density at radius 2 is 2.35 bits per heavy atom. The van der Waals surface area contributed by atoms with Crippen molar-refractivity contribution in [3.05, 3.63) is 48.4 Å². The fourth-order valence-electron chi connectivity index (χ4n) is 1.20. The van der Waals surface area contributed by atoms with E-state index in [0.717, 1.165) is 24.2 Å². The highest BCUT2D eigenvalue weighted by molar-refractivity contribution is 5.59. The van der Waals surface area contributed by atoms with E-state index < -0.39 is 0 Å². The van der Waals surface area contributed by atoms with Crippen molar-refractivity contribution in [2.24, 2.45) is 10.3 Å². The summed E-state index contributed by atoms with van der Waals surface area (Å²) in [6.45, 7) is 4.03. The Morgan fingerprint density at radius 1 is 1.47 bits per heavy atom. The molecule has 90 valence electrons.